The Kier molecular flexibility index (Phi) is 4.83. The lowest BCUT2D eigenvalue weighted by Gasteiger charge is -2.37. The fourth-order valence-electron chi connectivity index (χ4n) is 4.26. The summed E-state index contributed by atoms with van der Waals surface area (Å²) in [5, 5.41) is 0. The van der Waals surface area contributed by atoms with Crippen LogP contribution in [0.15, 0.2) is 36.4 Å². The second kappa shape index (κ2) is 7.27. The monoisotopic (exact) mass is 367 g/mol. The molecule has 0 aromatic heterocycles. The molecule has 0 N–H and O–H groups in total. The van der Waals surface area contributed by atoms with Gasteiger partial charge in [-0.05, 0) is 44.0 Å². The molecule has 0 unspecified atom stereocenters. The number of allylic oxidation sites excluding steroid dienone is 2. The number of nitrogens with zero attached hydrogens (tertiary/aromatic N) is 3. The highest BCUT2D eigenvalue weighted by molar-refractivity contribution is 6.05. The molecule has 3 aliphatic rings. The molecule has 6 nitrogen and oxygen atoms in total. The molecule has 1 aromatic carbocycles. The summed E-state index contributed by atoms with van der Waals surface area (Å²) in [5.74, 6) is -0.234. The summed E-state index contributed by atoms with van der Waals surface area (Å²) >= 11 is 0. The van der Waals surface area contributed by atoms with Crippen LogP contribution in [0.1, 0.15) is 30.1 Å². The van der Waals surface area contributed by atoms with E-state index in [1.807, 2.05) is 36.4 Å². The second-order valence-electron chi connectivity index (χ2n) is 7.61. The highest BCUT2D eigenvalue weighted by Crippen LogP contribution is 2.35. The molecule has 2 fully saturated rings. The molecule has 2 amide bonds. The Bertz CT molecular complexity index is 752. The second-order valence-corrected chi connectivity index (χ2v) is 7.61. The Balaban J connectivity index is 1.34. The molecule has 2 aliphatic heterocycles. The number of hydrogen-bond donors (Lipinski definition) is 0. The minimum absolute atomic E-state index is 0.00315. The maximum Gasteiger partial charge on any atom is 0.234 e. The van der Waals surface area contributed by atoms with E-state index in [0.29, 0.717) is 19.5 Å². The summed E-state index contributed by atoms with van der Waals surface area (Å²) in [7, 11) is 0. The van der Waals surface area contributed by atoms with Gasteiger partial charge in [-0.2, -0.15) is 0 Å². The van der Waals surface area contributed by atoms with Crippen molar-refractivity contribution in [3.05, 3.63) is 42.0 Å². The highest BCUT2D eigenvalue weighted by atomic mass is 16.2. The van der Waals surface area contributed by atoms with E-state index in [-0.39, 0.29) is 29.4 Å². The number of Topliss-reactive ketones (excluding diaryl/α,β-unsaturated/α-hetero) is 1. The summed E-state index contributed by atoms with van der Waals surface area (Å²) in [6.45, 7) is 5.26. The van der Waals surface area contributed by atoms with Gasteiger partial charge >= 0.3 is 0 Å². The van der Waals surface area contributed by atoms with E-state index in [0.717, 1.165) is 37.4 Å². The molecular weight excluding hydrogens is 342 g/mol. The molecule has 1 aliphatic carbocycles. The average molecular weight is 367 g/mol. The number of benzene rings is 1. The van der Waals surface area contributed by atoms with Crippen LogP contribution in [0.5, 0.6) is 0 Å². The number of carbonyl (C=O) groups excluding carboxylic acids is 3. The van der Waals surface area contributed by atoms with Gasteiger partial charge < -0.3 is 4.90 Å². The van der Waals surface area contributed by atoms with Crippen molar-refractivity contribution in [2.45, 2.75) is 19.8 Å². The topological polar surface area (TPSA) is 60.9 Å². The van der Waals surface area contributed by atoms with Gasteiger partial charge in [-0.25, -0.2) is 0 Å². The molecule has 2 atom stereocenters. The van der Waals surface area contributed by atoms with Gasteiger partial charge in [0.25, 0.3) is 0 Å². The van der Waals surface area contributed by atoms with Crippen molar-refractivity contribution in [1.82, 2.24) is 9.80 Å². The number of likely N-dealkylation sites (tertiary alicyclic amines) is 1. The fourth-order valence-corrected chi connectivity index (χ4v) is 4.26. The van der Waals surface area contributed by atoms with Gasteiger partial charge in [-0.15, -0.1) is 0 Å². The van der Waals surface area contributed by atoms with E-state index in [9.17, 15) is 14.4 Å². The van der Waals surface area contributed by atoms with E-state index in [1.54, 1.807) is 6.92 Å². The summed E-state index contributed by atoms with van der Waals surface area (Å²) in [4.78, 5) is 42.5. The Morgan fingerprint density at radius 3 is 2.00 bits per heavy atom. The molecule has 0 spiro atoms. The first-order valence-corrected chi connectivity index (χ1v) is 9.63. The van der Waals surface area contributed by atoms with E-state index in [4.69, 9.17) is 0 Å². The van der Waals surface area contributed by atoms with Gasteiger partial charge in [0.15, 0.2) is 5.78 Å². The smallest absolute Gasteiger partial charge is 0.234 e. The summed E-state index contributed by atoms with van der Waals surface area (Å²) in [5.41, 5.74) is 1.82. The molecule has 6 heteroatoms. The van der Waals surface area contributed by atoms with Gasteiger partial charge in [-0.1, -0.05) is 12.2 Å². The SMILES string of the molecule is CC(=O)c1ccc(N2CCN(CN3C(=O)[C@@H]4CC=CC[C@H]4C3=O)CC2)cc1. The van der Waals surface area contributed by atoms with Crippen LogP contribution < -0.4 is 4.90 Å². The van der Waals surface area contributed by atoms with Crippen molar-refractivity contribution in [2.75, 3.05) is 37.7 Å². The van der Waals surface area contributed by atoms with Crippen molar-refractivity contribution in [1.29, 1.82) is 0 Å². The normalized spacial score (nSPS) is 25.8. The van der Waals surface area contributed by atoms with E-state index >= 15 is 0 Å². The van der Waals surface area contributed by atoms with Crippen LogP contribution in [0.3, 0.4) is 0 Å². The van der Waals surface area contributed by atoms with Gasteiger partial charge in [-0.3, -0.25) is 24.2 Å². The molecule has 4 rings (SSSR count). The molecule has 2 saturated heterocycles. The lowest BCUT2D eigenvalue weighted by Crippen LogP contribution is -2.51. The Labute approximate surface area is 159 Å². The fraction of sp³-hybridized carbons (Fsp3) is 0.476. The number of piperazine rings is 1. The molecule has 0 saturated carbocycles. The van der Waals surface area contributed by atoms with Gasteiger partial charge in [0.1, 0.15) is 0 Å². The lowest BCUT2D eigenvalue weighted by atomic mass is 9.85. The largest absolute Gasteiger partial charge is 0.369 e. The molecule has 2 heterocycles. The zero-order chi connectivity index (χ0) is 19.0. The van der Waals surface area contributed by atoms with Crippen molar-refractivity contribution in [2.24, 2.45) is 11.8 Å². The molecule has 0 radical (unpaired) electrons. The van der Waals surface area contributed by atoms with Gasteiger partial charge in [0.2, 0.25) is 11.8 Å². The average Bonchev–Trinajstić information content (AvgIpc) is 2.94. The first-order valence-electron chi connectivity index (χ1n) is 9.63. The zero-order valence-corrected chi connectivity index (χ0v) is 15.6. The molecule has 27 heavy (non-hydrogen) atoms. The maximum atomic E-state index is 12.6. The van der Waals surface area contributed by atoms with Crippen molar-refractivity contribution in [3.63, 3.8) is 0 Å². The van der Waals surface area contributed by atoms with Crippen molar-refractivity contribution in [3.8, 4) is 0 Å². The third-order valence-electron chi connectivity index (χ3n) is 5.95. The zero-order valence-electron chi connectivity index (χ0n) is 15.6. The van der Waals surface area contributed by atoms with Crippen LogP contribution in [0.25, 0.3) is 0 Å². The molecule has 1 aromatic rings. The predicted octanol–water partition coefficient (Wildman–Crippen LogP) is 1.92. The Hall–Kier alpha value is -2.47. The van der Waals surface area contributed by atoms with Crippen LogP contribution in [0, 0.1) is 11.8 Å². The minimum atomic E-state index is -0.149. The Morgan fingerprint density at radius 2 is 1.48 bits per heavy atom. The number of fused-ring (bicyclic) bond motifs is 1. The van der Waals surface area contributed by atoms with Gasteiger partial charge in [0, 0.05) is 37.4 Å². The third-order valence-corrected chi connectivity index (χ3v) is 5.95. The number of ketones is 1. The maximum absolute atomic E-state index is 12.6. The number of rotatable bonds is 4. The van der Waals surface area contributed by atoms with Crippen LogP contribution in [0.2, 0.25) is 0 Å². The quantitative estimate of drug-likeness (QED) is 0.462. The number of imide groups is 1. The molecule has 142 valence electrons. The number of hydrogen-bond acceptors (Lipinski definition) is 5. The van der Waals surface area contributed by atoms with Crippen LogP contribution in [-0.2, 0) is 9.59 Å². The molecular formula is C21H25N3O3. The predicted molar refractivity (Wildman–Crippen MR) is 102 cm³/mol. The van der Waals surface area contributed by atoms with Gasteiger partial charge in [0.05, 0.1) is 18.5 Å². The first kappa shape index (κ1) is 17.9. The minimum Gasteiger partial charge on any atom is -0.369 e. The van der Waals surface area contributed by atoms with Crippen LogP contribution >= 0.6 is 0 Å². The van der Waals surface area contributed by atoms with Crippen LogP contribution in [-0.4, -0.2) is 60.2 Å². The van der Waals surface area contributed by atoms with Crippen molar-refractivity contribution >= 4 is 23.3 Å². The highest BCUT2D eigenvalue weighted by Gasteiger charge is 2.47. The number of amides is 2. The third kappa shape index (κ3) is 3.41. The summed E-state index contributed by atoms with van der Waals surface area (Å²) < 4.78 is 0. The summed E-state index contributed by atoms with van der Waals surface area (Å²) in [6.07, 6.45) is 5.42. The lowest BCUT2D eigenvalue weighted by molar-refractivity contribution is -0.142. The number of carbonyl (C=O) groups is 3. The van der Waals surface area contributed by atoms with E-state index < -0.39 is 0 Å². The van der Waals surface area contributed by atoms with E-state index in [2.05, 4.69) is 9.80 Å². The number of anilines is 1. The molecule has 0 bridgehead atoms. The first-order chi connectivity index (χ1) is 13.0. The van der Waals surface area contributed by atoms with Crippen LogP contribution in [0.4, 0.5) is 5.69 Å². The summed E-state index contributed by atoms with van der Waals surface area (Å²) in [6, 6.07) is 7.69. The van der Waals surface area contributed by atoms with Crippen molar-refractivity contribution < 1.29 is 14.4 Å². The van der Waals surface area contributed by atoms with E-state index in [1.165, 1.54) is 4.90 Å². The standard InChI is InChI=1S/C21H25N3O3/c1-15(25)16-6-8-17(9-7-16)23-12-10-22(11-13-23)14-24-20(26)18-4-2-3-5-19(18)21(24)27/h2-3,6-9,18-19H,4-5,10-14H2,1H3/t18-,19-/m1/s1. The Morgan fingerprint density at radius 1 is 0.926 bits per heavy atom.